The Morgan fingerprint density at radius 3 is 2.59 bits per heavy atom. The topological polar surface area (TPSA) is 50.4 Å². The third kappa shape index (κ3) is 4.67. The number of halogens is 1. The first-order chi connectivity index (χ1) is 10.6. The summed E-state index contributed by atoms with van der Waals surface area (Å²) in [6.45, 7) is 2.54. The van der Waals surface area contributed by atoms with Gasteiger partial charge in [-0.05, 0) is 48.9 Å². The van der Waals surface area contributed by atoms with Crippen LogP contribution in [0, 0.1) is 6.92 Å². The van der Waals surface area contributed by atoms with Gasteiger partial charge in [0, 0.05) is 29.4 Å². The van der Waals surface area contributed by atoms with Gasteiger partial charge in [-0.1, -0.05) is 17.7 Å². The van der Waals surface area contributed by atoms with Gasteiger partial charge in [0.1, 0.15) is 5.75 Å². The minimum Gasteiger partial charge on any atom is -0.497 e. The molecule has 0 unspecified atom stereocenters. The molecule has 2 rings (SSSR count). The van der Waals surface area contributed by atoms with Gasteiger partial charge in [-0.15, -0.1) is 0 Å². The van der Waals surface area contributed by atoms with Crippen LogP contribution in [0.2, 0.25) is 5.02 Å². The molecule has 0 heterocycles. The molecule has 4 nitrogen and oxygen atoms in total. The van der Waals surface area contributed by atoms with E-state index in [0.29, 0.717) is 18.0 Å². The summed E-state index contributed by atoms with van der Waals surface area (Å²) in [5, 5.41) is 6.75. The molecule has 5 heteroatoms. The Balaban J connectivity index is 1.81. The van der Waals surface area contributed by atoms with E-state index in [2.05, 4.69) is 10.6 Å². The van der Waals surface area contributed by atoms with E-state index in [9.17, 15) is 4.79 Å². The van der Waals surface area contributed by atoms with Gasteiger partial charge in [-0.3, -0.25) is 4.79 Å². The van der Waals surface area contributed by atoms with Crippen molar-refractivity contribution in [2.45, 2.75) is 13.3 Å². The van der Waals surface area contributed by atoms with E-state index in [0.717, 1.165) is 22.7 Å². The van der Waals surface area contributed by atoms with Crippen LogP contribution in [0.25, 0.3) is 0 Å². The van der Waals surface area contributed by atoms with E-state index in [-0.39, 0.29) is 5.91 Å². The van der Waals surface area contributed by atoms with E-state index in [1.54, 1.807) is 7.11 Å². The monoisotopic (exact) mass is 318 g/mol. The summed E-state index contributed by atoms with van der Waals surface area (Å²) in [4.78, 5) is 11.9. The SMILES string of the molecule is COc1ccc(NC(=O)CCNc2cc(Cl)ccc2C)cc1. The van der Waals surface area contributed by atoms with Crippen molar-refractivity contribution >= 4 is 28.9 Å². The Hall–Kier alpha value is -2.20. The zero-order valence-corrected chi connectivity index (χ0v) is 13.4. The van der Waals surface area contributed by atoms with Gasteiger partial charge in [0.15, 0.2) is 0 Å². The molecule has 0 aliphatic rings. The predicted octanol–water partition coefficient (Wildman–Crippen LogP) is 4.10. The molecule has 2 aromatic rings. The second kappa shape index (κ2) is 7.71. The molecule has 0 saturated heterocycles. The molecule has 116 valence electrons. The Morgan fingerprint density at radius 1 is 1.18 bits per heavy atom. The van der Waals surface area contributed by atoms with Crippen molar-refractivity contribution in [2.24, 2.45) is 0 Å². The number of ether oxygens (including phenoxy) is 1. The molecule has 0 atom stereocenters. The predicted molar refractivity (Wildman–Crippen MR) is 90.9 cm³/mol. The fourth-order valence-corrected chi connectivity index (χ4v) is 2.17. The first-order valence-electron chi connectivity index (χ1n) is 7.02. The van der Waals surface area contributed by atoms with Gasteiger partial charge in [0.05, 0.1) is 7.11 Å². The number of methoxy groups -OCH3 is 1. The number of anilines is 2. The number of nitrogens with one attached hydrogen (secondary N) is 2. The summed E-state index contributed by atoms with van der Waals surface area (Å²) < 4.78 is 5.08. The number of benzene rings is 2. The maximum atomic E-state index is 11.9. The summed E-state index contributed by atoms with van der Waals surface area (Å²) in [5.74, 6) is 0.716. The number of aryl methyl sites for hydroxylation is 1. The molecular weight excluding hydrogens is 300 g/mol. The first kappa shape index (κ1) is 16.2. The Bertz CT molecular complexity index is 642. The number of carbonyl (C=O) groups excluding carboxylic acids is 1. The molecule has 0 radical (unpaired) electrons. The van der Waals surface area contributed by atoms with Gasteiger partial charge < -0.3 is 15.4 Å². The van der Waals surface area contributed by atoms with Gasteiger partial charge in [-0.25, -0.2) is 0 Å². The van der Waals surface area contributed by atoms with E-state index in [1.165, 1.54) is 0 Å². The van der Waals surface area contributed by atoms with E-state index >= 15 is 0 Å². The summed E-state index contributed by atoms with van der Waals surface area (Å²) in [6, 6.07) is 12.9. The minimum atomic E-state index is -0.0441. The standard InChI is InChI=1S/C17H19ClN2O2/c1-12-3-4-13(18)11-16(12)19-10-9-17(21)20-14-5-7-15(22-2)8-6-14/h3-8,11,19H,9-10H2,1-2H3,(H,20,21). The molecule has 0 aliphatic carbocycles. The number of hydrogen-bond donors (Lipinski definition) is 2. The molecule has 0 fully saturated rings. The van der Waals surface area contributed by atoms with E-state index in [4.69, 9.17) is 16.3 Å². The molecular formula is C17H19ClN2O2. The number of rotatable bonds is 6. The third-order valence-electron chi connectivity index (χ3n) is 3.24. The van der Waals surface area contributed by atoms with Crippen LogP contribution in [0.5, 0.6) is 5.75 Å². The van der Waals surface area contributed by atoms with Crippen LogP contribution in [0.1, 0.15) is 12.0 Å². The normalized spacial score (nSPS) is 10.1. The maximum absolute atomic E-state index is 11.9. The first-order valence-corrected chi connectivity index (χ1v) is 7.40. The number of amides is 1. The highest BCUT2D eigenvalue weighted by atomic mass is 35.5. The zero-order chi connectivity index (χ0) is 15.9. The molecule has 0 aromatic heterocycles. The van der Waals surface area contributed by atoms with Crippen LogP contribution in [0.15, 0.2) is 42.5 Å². The number of carbonyl (C=O) groups is 1. The molecule has 0 bridgehead atoms. The quantitative estimate of drug-likeness (QED) is 0.843. The summed E-state index contributed by atoms with van der Waals surface area (Å²) in [6.07, 6.45) is 0.373. The van der Waals surface area contributed by atoms with Crippen molar-refractivity contribution in [3.05, 3.63) is 53.1 Å². The van der Waals surface area contributed by atoms with E-state index in [1.807, 2.05) is 49.4 Å². The number of hydrogen-bond acceptors (Lipinski definition) is 3. The largest absolute Gasteiger partial charge is 0.497 e. The second-order valence-corrected chi connectivity index (χ2v) is 5.35. The van der Waals surface area contributed by atoms with Crippen LogP contribution in [-0.2, 0) is 4.79 Å². The van der Waals surface area contributed by atoms with Crippen LogP contribution in [0.3, 0.4) is 0 Å². The zero-order valence-electron chi connectivity index (χ0n) is 12.7. The van der Waals surface area contributed by atoms with Crippen molar-refractivity contribution in [1.29, 1.82) is 0 Å². The lowest BCUT2D eigenvalue weighted by atomic mass is 10.2. The second-order valence-electron chi connectivity index (χ2n) is 4.91. The average molecular weight is 319 g/mol. The molecule has 0 saturated carbocycles. The smallest absolute Gasteiger partial charge is 0.226 e. The average Bonchev–Trinajstić information content (AvgIpc) is 2.51. The summed E-state index contributed by atoms with van der Waals surface area (Å²) in [7, 11) is 1.61. The van der Waals surface area contributed by atoms with Crippen LogP contribution in [0.4, 0.5) is 11.4 Å². The highest BCUT2D eigenvalue weighted by molar-refractivity contribution is 6.30. The lowest BCUT2D eigenvalue weighted by Crippen LogP contribution is -2.16. The highest BCUT2D eigenvalue weighted by Crippen LogP contribution is 2.20. The van der Waals surface area contributed by atoms with Gasteiger partial charge >= 0.3 is 0 Å². The molecule has 0 spiro atoms. The van der Waals surface area contributed by atoms with Crippen LogP contribution in [-0.4, -0.2) is 19.6 Å². The van der Waals surface area contributed by atoms with Gasteiger partial charge in [-0.2, -0.15) is 0 Å². The lowest BCUT2D eigenvalue weighted by Gasteiger charge is -2.10. The Kier molecular flexibility index (Phi) is 5.67. The van der Waals surface area contributed by atoms with Crippen molar-refractivity contribution in [2.75, 3.05) is 24.3 Å². The fourth-order valence-electron chi connectivity index (χ4n) is 1.99. The summed E-state index contributed by atoms with van der Waals surface area (Å²) in [5.41, 5.74) is 2.80. The van der Waals surface area contributed by atoms with Crippen molar-refractivity contribution in [1.82, 2.24) is 0 Å². The molecule has 22 heavy (non-hydrogen) atoms. The fraction of sp³-hybridized carbons (Fsp3) is 0.235. The molecule has 0 aliphatic heterocycles. The lowest BCUT2D eigenvalue weighted by molar-refractivity contribution is -0.115. The Morgan fingerprint density at radius 2 is 1.91 bits per heavy atom. The molecule has 1 amide bonds. The molecule has 2 N–H and O–H groups in total. The van der Waals surface area contributed by atoms with Crippen molar-refractivity contribution in [3.63, 3.8) is 0 Å². The minimum absolute atomic E-state index is 0.0441. The Labute approximate surface area is 135 Å². The maximum Gasteiger partial charge on any atom is 0.226 e. The highest BCUT2D eigenvalue weighted by Gasteiger charge is 2.04. The van der Waals surface area contributed by atoms with Gasteiger partial charge in [0.25, 0.3) is 0 Å². The molecule has 2 aromatic carbocycles. The van der Waals surface area contributed by atoms with E-state index < -0.39 is 0 Å². The van der Waals surface area contributed by atoms with Crippen LogP contribution < -0.4 is 15.4 Å². The van der Waals surface area contributed by atoms with Crippen molar-refractivity contribution in [3.8, 4) is 5.75 Å². The third-order valence-corrected chi connectivity index (χ3v) is 3.48. The van der Waals surface area contributed by atoms with Crippen LogP contribution >= 0.6 is 11.6 Å². The van der Waals surface area contributed by atoms with Gasteiger partial charge in [0.2, 0.25) is 5.91 Å². The summed E-state index contributed by atoms with van der Waals surface area (Å²) >= 11 is 5.96. The van der Waals surface area contributed by atoms with Crippen molar-refractivity contribution < 1.29 is 9.53 Å².